The van der Waals surface area contributed by atoms with Gasteiger partial charge < -0.3 is 9.64 Å². The van der Waals surface area contributed by atoms with Gasteiger partial charge in [0, 0.05) is 17.7 Å². The lowest BCUT2D eigenvalue weighted by atomic mass is 10.1. The van der Waals surface area contributed by atoms with E-state index in [0.29, 0.717) is 13.1 Å². The molecule has 5 heteroatoms. The summed E-state index contributed by atoms with van der Waals surface area (Å²) in [5.41, 5.74) is 2.11. The second-order valence-electron chi connectivity index (χ2n) is 5.85. The van der Waals surface area contributed by atoms with Gasteiger partial charge in [-0.05, 0) is 38.1 Å². The fourth-order valence-corrected chi connectivity index (χ4v) is 2.75. The monoisotopic (exact) mass is 317 g/mol. The number of carbonyl (C=O) groups excluding carboxylic acids is 1. The molecule has 1 atom stereocenters. The van der Waals surface area contributed by atoms with Gasteiger partial charge >= 0.3 is 0 Å². The first-order valence-electron chi connectivity index (χ1n) is 7.44. The maximum atomic E-state index is 13.4. The minimum Gasteiger partial charge on any atom is -0.489 e. The van der Waals surface area contributed by atoms with Gasteiger partial charge in [0.15, 0.2) is 11.6 Å². The van der Waals surface area contributed by atoms with Crippen molar-refractivity contribution in [3.8, 4) is 5.75 Å². The van der Waals surface area contributed by atoms with Crippen LogP contribution in [0.3, 0.4) is 0 Å². The van der Waals surface area contributed by atoms with Crippen molar-refractivity contribution in [1.29, 1.82) is 0 Å². The van der Waals surface area contributed by atoms with Crippen molar-refractivity contribution < 1.29 is 18.3 Å². The van der Waals surface area contributed by atoms with E-state index in [9.17, 15) is 13.6 Å². The fraction of sp³-hybridized carbons (Fsp3) is 0.278. The van der Waals surface area contributed by atoms with Gasteiger partial charge in [0.25, 0.3) is 5.91 Å². The van der Waals surface area contributed by atoms with Gasteiger partial charge in [-0.1, -0.05) is 17.7 Å². The van der Waals surface area contributed by atoms with Crippen molar-refractivity contribution in [2.24, 2.45) is 0 Å². The van der Waals surface area contributed by atoms with Crippen molar-refractivity contribution in [2.75, 3.05) is 6.54 Å². The zero-order chi connectivity index (χ0) is 16.6. The molecular formula is C18H17F2NO2. The number of halogens is 2. The van der Waals surface area contributed by atoms with Crippen molar-refractivity contribution in [1.82, 2.24) is 4.90 Å². The van der Waals surface area contributed by atoms with E-state index in [2.05, 4.69) is 0 Å². The zero-order valence-corrected chi connectivity index (χ0v) is 13.0. The maximum Gasteiger partial charge on any atom is 0.254 e. The summed E-state index contributed by atoms with van der Waals surface area (Å²) in [7, 11) is 0. The number of rotatable bonds is 1. The largest absolute Gasteiger partial charge is 0.489 e. The standard InChI is InChI=1S/C18H17F2NO2/c1-11-3-6-17-14(7-11)10-21(9-12(2)23-17)18(22)13-4-5-15(19)16(20)8-13/h3-8,12H,9-10H2,1-2H3. The second kappa shape index (κ2) is 5.99. The first kappa shape index (κ1) is 15.5. The van der Waals surface area contributed by atoms with Crippen LogP contribution in [0.1, 0.15) is 28.4 Å². The lowest BCUT2D eigenvalue weighted by Crippen LogP contribution is -2.36. The van der Waals surface area contributed by atoms with Gasteiger partial charge in [-0.25, -0.2) is 8.78 Å². The molecule has 0 radical (unpaired) electrons. The number of amides is 1. The second-order valence-corrected chi connectivity index (χ2v) is 5.85. The van der Waals surface area contributed by atoms with E-state index < -0.39 is 11.6 Å². The van der Waals surface area contributed by atoms with E-state index in [0.717, 1.165) is 29.0 Å². The molecule has 3 rings (SSSR count). The molecule has 2 aromatic rings. The lowest BCUT2D eigenvalue weighted by Gasteiger charge is -2.22. The Kier molecular flexibility index (Phi) is 4.03. The third kappa shape index (κ3) is 3.18. The van der Waals surface area contributed by atoms with Crippen LogP contribution in [0.25, 0.3) is 0 Å². The molecule has 23 heavy (non-hydrogen) atoms. The van der Waals surface area contributed by atoms with E-state index in [1.165, 1.54) is 6.07 Å². The summed E-state index contributed by atoms with van der Waals surface area (Å²) in [4.78, 5) is 14.2. The molecule has 0 saturated carbocycles. The Balaban J connectivity index is 1.92. The highest BCUT2D eigenvalue weighted by molar-refractivity contribution is 5.94. The molecule has 0 fully saturated rings. The van der Waals surface area contributed by atoms with E-state index in [1.807, 2.05) is 32.0 Å². The van der Waals surface area contributed by atoms with Crippen molar-refractivity contribution >= 4 is 5.91 Å². The Labute approximate surface area is 133 Å². The van der Waals surface area contributed by atoms with Crippen LogP contribution in [0.15, 0.2) is 36.4 Å². The summed E-state index contributed by atoms with van der Waals surface area (Å²) >= 11 is 0. The molecule has 1 heterocycles. The summed E-state index contributed by atoms with van der Waals surface area (Å²) in [5, 5.41) is 0. The van der Waals surface area contributed by atoms with Crippen LogP contribution in [0.2, 0.25) is 0 Å². The van der Waals surface area contributed by atoms with Crippen molar-refractivity contribution in [3.05, 3.63) is 64.7 Å². The van der Waals surface area contributed by atoms with Gasteiger partial charge in [0.05, 0.1) is 6.54 Å². The lowest BCUT2D eigenvalue weighted by molar-refractivity contribution is 0.0690. The van der Waals surface area contributed by atoms with Crippen LogP contribution >= 0.6 is 0 Å². The summed E-state index contributed by atoms with van der Waals surface area (Å²) in [5.74, 6) is -1.57. The van der Waals surface area contributed by atoms with Crippen LogP contribution in [0, 0.1) is 18.6 Å². The predicted octanol–water partition coefficient (Wildman–Crippen LogP) is 3.70. The van der Waals surface area contributed by atoms with E-state index in [4.69, 9.17) is 4.74 Å². The van der Waals surface area contributed by atoms with E-state index >= 15 is 0 Å². The van der Waals surface area contributed by atoms with Crippen LogP contribution in [-0.2, 0) is 6.54 Å². The number of hydrogen-bond donors (Lipinski definition) is 0. The number of aryl methyl sites for hydroxylation is 1. The first-order chi connectivity index (χ1) is 10.9. The van der Waals surface area contributed by atoms with Crippen LogP contribution in [-0.4, -0.2) is 23.5 Å². The third-order valence-corrected chi connectivity index (χ3v) is 3.84. The number of ether oxygens (including phenoxy) is 1. The van der Waals surface area contributed by atoms with E-state index in [1.54, 1.807) is 4.90 Å². The summed E-state index contributed by atoms with van der Waals surface area (Å²) in [6.45, 7) is 4.60. The summed E-state index contributed by atoms with van der Waals surface area (Å²) in [6.07, 6.45) is -0.187. The smallest absolute Gasteiger partial charge is 0.254 e. The SMILES string of the molecule is Cc1ccc2c(c1)CN(C(=O)c1ccc(F)c(F)c1)CC(C)O2. The first-order valence-corrected chi connectivity index (χ1v) is 7.44. The Bertz CT molecular complexity index is 761. The molecule has 3 nitrogen and oxygen atoms in total. The van der Waals surface area contributed by atoms with Crippen molar-refractivity contribution in [2.45, 2.75) is 26.5 Å². The summed E-state index contributed by atoms with van der Waals surface area (Å²) in [6, 6.07) is 9.03. The van der Waals surface area contributed by atoms with Gasteiger partial charge in [-0.3, -0.25) is 4.79 Å². The van der Waals surface area contributed by atoms with Crippen LogP contribution in [0.5, 0.6) is 5.75 Å². The average Bonchev–Trinajstić information content (AvgIpc) is 2.67. The topological polar surface area (TPSA) is 29.5 Å². The molecule has 1 aliphatic rings. The molecule has 1 aliphatic heterocycles. The van der Waals surface area contributed by atoms with E-state index in [-0.39, 0.29) is 17.6 Å². The Morgan fingerprint density at radius 2 is 1.96 bits per heavy atom. The van der Waals surface area contributed by atoms with Gasteiger partial charge in [0.2, 0.25) is 0 Å². The molecule has 0 aromatic heterocycles. The molecule has 0 bridgehead atoms. The fourth-order valence-electron chi connectivity index (χ4n) is 2.75. The average molecular weight is 317 g/mol. The molecule has 0 N–H and O–H groups in total. The Morgan fingerprint density at radius 1 is 1.17 bits per heavy atom. The Hall–Kier alpha value is -2.43. The predicted molar refractivity (Wildman–Crippen MR) is 82.4 cm³/mol. The molecule has 0 saturated heterocycles. The zero-order valence-electron chi connectivity index (χ0n) is 13.0. The highest BCUT2D eigenvalue weighted by Crippen LogP contribution is 2.27. The van der Waals surface area contributed by atoms with Gasteiger partial charge in [0.1, 0.15) is 11.9 Å². The molecular weight excluding hydrogens is 300 g/mol. The van der Waals surface area contributed by atoms with Crippen LogP contribution < -0.4 is 4.74 Å². The molecule has 2 aromatic carbocycles. The quantitative estimate of drug-likeness (QED) is 0.803. The summed E-state index contributed by atoms with van der Waals surface area (Å²) < 4.78 is 32.3. The number of nitrogens with zero attached hydrogens (tertiary/aromatic N) is 1. The third-order valence-electron chi connectivity index (χ3n) is 3.84. The minimum atomic E-state index is -1.02. The normalized spacial score (nSPS) is 17.2. The molecule has 1 unspecified atom stereocenters. The molecule has 1 amide bonds. The molecule has 0 aliphatic carbocycles. The maximum absolute atomic E-state index is 13.4. The number of carbonyl (C=O) groups is 1. The number of hydrogen-bond acceptors (Lipinski definition) is 2. The molecule has 120 valence electrons. The highest BCUT2D eigenvalue weighted by Gasteiger charge is 2.25. The van der Waals surface area contributed by atoms with Gasteiger partial charge in [-0.15, -0.1) is 0 Å². The number of benzene rings is 2. The molecule has 0 spiro atoms. The number of fused-ring (bicyclic) bond motifs is 1. The van der Waals surface area contributed by atoms with Crippen molar-refractivity contribution in [3.63, 3.8) is 0 Å². The van der Waals surface area contributed by atoms with Gasteiger partial charge in [-0.2, -0.15) is 0 Å². The Morgan fingerprint density at radius 3 is 2.70 bits per heavy atom. The van der Waals surface area contributed by atoms with Crippen LogP contribution in [0.4, 0.5) is 8.78 Å². The minimum absolute atomic E-state index is 0.132. The highest BCUT2D eigenvalue weighted by atomic mass is 19.2.